The van der Waals surface area contributed by atoms with Crippen LogP contribution in [0, 0.1) is 0 Å². The summed E-state index contributed by atoms with van der Waals surface area (Å²) in [6, 6.07) is 13.3. The van der Waals surface area contributed by atoms with Crippen molar-refractivity contribution in [3.63, 3.8) is 0 Å². The number of likely N-dealkylation sites (tertiary alicyclic amines) is 1. The SMILES string of the molecule is O=C(CS(=O)(=O)c1ccc(Cl)cc1)NC[C@@H](c1ccccc1Cl)N1CCCC1. The highest BCUT2D eigenvalue weighted by molar-refractivity contribution is 7.92. The molecule has 1 fully saturated rings. The van der Waals surface area contributed by atoms with Gasteiger partial charge in [-0.2, -0.15) is 0 Å². The van der Waals surface area contributed by atoms with Gasteiger partial charge in [-0.05, 0) is 61.8 Å². The predicted octanol–water partition coefficient (Wildman–Crippen LogP) is 3.72. The molecule has 0 aromatic heterocycles. The molecule has 1 aliphatic rings. The first-order chi connectivity index (χ1) is 13.4. The van der Waals surface area contributed by atoms with Gasteiger partial charge in [0, 0.05) is 16.6 Å². The van der Waals surface area contributed by atoms with Crippen LogP contribution in [0.15, 0.2) is 53.4 Å². The summed E-state index contributed by atoms with van der Waals surface area (Å²) in [5.74, 6) is -1.14. The number of carbonyl (C=O) groups is 1. The number of halogens is 2. The molecule has 1 saturated heterocycles. The van der Waals surface area contributed by atoms with Crippen LogP contribution in [-0.2, 0) is 14.6 Å². The number of amides is 1. The molecule has 150 valence electrons. The van der Waals surface area contributed by atoms with E-state index in [2.05, 4.69) is 10.2 Å². The molecule has 1 amide bonds. The third-order valence-corrected chi connectivity index (χ3v) is 7.06. The van der Waals surface area contributed by atoms with Crippen LogP contribution in [0.4, 0.5) is 0 Å². The number of sulfone groups is 1. The minimum absolute atomic E-state index is 0.0780. The largest absolute Gasteiger partial charge is 0.353 e. The van der Waals surface area contributed by atoms with E-state index in [1.54, 1.807) is 0 Å². The molecule has 0 saturated carbocycles. The van der Waals surface area contributed by atoms with Gasteiger partial charge in [0.1, 0.15) is 5.75 Å². The summed E-state index contributed by atoms with van der Waals surface area (Å²) in [5.41, 5.74) is 0.937. The molecule has 1 heterocycles. The number of nitrogens with zero attached hydrogens (tertiary/aromatic N) is 1. The second-order valence-corrected chi connectivity index (χ2v) is 9.63. The highest BCUT2D eigenvalue weighted by atomic mass is 35.5. The number of hydrogen-bond donors (Lipinski definition) is 1. The Balaban J connectivity index is 1.68. The van der Waals surface area contributed by atoms with Crippen LogP contribution in [0.25, 0.3) is 0 Å². The van der Waals surface area contributed by atoms with Crippen molar-refractivity contribution in [1.29, 1.82) is 0 Å². The highest BCUT2D eigenvalue weighted by Gasteiger charge is 2.26. The molecule has 1 atom stereocenters. The second-order valence-electron chi connectivity index (χ2n) is 6.80. The van der Waals surface area contributed by atoms with E-state index < -0.39 is 21.5 Å². The third kappa shape index (κ3) is 5.26. The first kappa shape index (κ1) is 21.1. The number of rotatable bonds is 7. The smallest absolute Gasteiger partial charge is 0.235 e. The van der Waals surface area contributed by atoms with Gasteiger partial charge in [0.25, 0.3) is 0 Å². The highest BCUT2D eigenvalue weighted by Crippen LogP contribution is 2.29. The predicted molar refractivity (Wildman–Crippen MR) is 112 cm³/mol. The normalized spacial score (nSPS) is 16.1. The molecular formula is C20H22Cl2N2O3S. The molecule has 1 aliphatic heterocycles. The number of benzene rings is 2. The molecule has 0 unspecified atom stereocenters. The molecule has 1 N–H and O–H groups in total. The molecule has 0 radical (unpaired) electrons. The van der Waals surface area contributed by atoms with Crippen LogP contribution in [0.1, 0.15) is 24.4 Å². The van der Waals surface area contributed by atoms with Crippen molar-refractivity contribution in [2.75, 3.05) is 25.4 Å². The molecule has 0 bridgehead atoms. The van der Waals surface area contributed by atoms with Gasteiger partial charge in [0.05, 0.1) is 10.9 Å². The lowest BCUT2D eigenvalue weighted by molar-refractivity contribution is -0.118. The molecule has 5 nitrogen and oxygen atoms in total. The Morgan fingerprint density at radius 1 is 1.04 bits per heavy atom. The van der Waals surface area contributed by atoms with Crippen molar-refractivity contribution < 1.29 is 13.2 Å². The van der Waals surface area contributed by atoms with Crippen LogP contribution < -0.4 is 5.32 Å². The third-order valence-electron chi connectivity index (χ3n) is 4.83. The molecule has 2 aromatic rings. The molecule has 3 rings (SSSR count). The van der Waals surface area contributed by atoms with Crippen molar-refractivity contribution in [2.24, 2.45) is 0 Å². The van der Waals surface area contributed by atoms with E-state index in [9.17, 15) is 13.2 Å². The van der Waals surface area contributed by atoms with E-state index in [1.807, 2.05) is 24.3 Å². The van der Waals surface area contributed by atoms with Gasteiger partial charge >= 0.3 is 0 Å². The van der Waals surface area contributed by atoms with Crippen molar-refractivity contribution in [1.82, 2.24) is 10.2 Å². The molecule has 28 heavy (non-hydrogen) atoms. The molecule has 2 aromatic carbocycles. The Morgan fingerprint density at radius 2 is 1.68 bits per heavy atom. The summed E-state index contributed by atoms with van der Waals surface area (Å²) >= 11 is 12.2. The molecule has 0 spiro atoms. The van der Waals surface area contributed by atoms with Gasteiger partial charge in [-0.15, -0.1) is 0 Å². The summed E-state index contributed by atoms with van der Waals surface area (Å²) in [6.07, 6.45) is 2.19. The Kier molecular flexibility index (Phi) is 6.99. The number of nitrogens with one attached hydrogen (secondary N) is 1. The van der Waals surface area contributed by atoms with E-state index in [0.717, 1.165) is 31.5 Å². The molecular weight excluding hydrogens is 419 g/mol. The number of hydrogen-bond acceptors (Lipinski definition) is 4. The fourth-order valence-corrected chi connectivity index (χ4v) is 4.95. The zero-order valence-corrected chi connectivity index (χ0v) is 17.6. The number of carbonyl (C=O) groups excluding carboxylic acids is 1. The topological polar surface area (TPSA) is 66.5 Å². The minimum Gasteiger partial charge on any atom is -0.353 e. The van der Waals surface area contributed by atoms with Gasteiger partial charge in [0.2, 0.25) is 5.91 Å². The van der Waals surface area contributed by atoms with E-state index in [1.165, 1.54) is 24.3 Å². The lowest BCUT2D eigenvalue weighted by atomic mass is 10.1. The quantitative estimate of drug-likeness (QED) is 0.712. The van der Waals surface area contributed by atoms with Crippen LogP contribution >= 0.6 is 23.2 Å². The van der Waals surface area contributed by atoms with Gasteiger partial charge < -0.3 is 5.32 Å². The summed E-state index contributed by atoms with van der Waals surface area (Å²) in [4.78, 5) is 14.7. The zero-order valence-electron chi connectivity index (χ0n) is 15.3. The summed E-state index contributed by atoms with van der Waals surface area (Å²) in [7, 11) is -3.73. The standard InChI is InChI=1S/C20H22Cl2N2O3S/c21-15-7-9-16(10-8-15)28(26,27)14-20(25)23-13-19(24-11-3-4-12-24)17-5-1-2-6-18(17)22/h1-2,5-10,19H,3-4,11-14H2,(H,23,25)/t19-/m0/s1. The van der Waals surface area contributed by atoms with Crippen LogP contribution in [0.5, 0.6) is 0 Å². The van der Waals surface area contributed by atoms with Gasteiger partial charge in [-0.1, -0.05) is 41.4 Å². The second kappa shape index (κ2) is 9.27. The Bertz CT molecular complexity index is 927. The fraction of sp³-hybridized carbons (Fsp3) is 0.350. The summed E-state index contributed by atoms with van der Waals surface area (Å²) in [6.45, 7) is 2.16. The summed E-state index contributed by atoms with van der Waals surface area (Å²) in [5, 5.41) is 3.86. The maximum absolute atomic E-state index is 12.4. The van der Waals surface area contributed by atoms with Gasteiger partial charge in [-0.3, -0.25) is 9.69 Å². The van der Waals surface area contributed by atoms with Gasteiger partial charge in [0.15, 0.2) is 9.84 Å². The monoisotopic (exact) mass is 440 g/mol. The first-order valence-corrected chi connectivity index (χ1v) is 11.5. The lowest BCUT2D eigenvalue weighted by Crippen LogP contribution is -2.39. The van der Waals surface area contributed by atoms with Crippen LogP contribution in [0.2, 0.25) is 10.0 Å². The maximum Gasteiger partial charge on any atom is 0.235 e. The Morgan fingerprint density at radius 3 is 2.32 bits per heavy atom. The van der Waals surface area contributed by atoms with E-state index >= 15 is 0 Å². The average molecular weight is 441 g/mol. The van der Waals surface area contributed by atoms with E-state index in [-0.39, 0.29) is 10.9 Å². The van der Waals surface area contributed by atoms with Crippen molar-refractivity contribution in [3.05, 3.63) is 64.1 Å². The zero-order chi connectivity index (χ0) is 20.1. The van der Waals surface area contributed by atoms with Crippen molar-refractivity contribution in [3.8, 4) is 0 Å². The van der Waals surface area contributed by atoms with Crippen LogP contribution in [0.3, 0.4) is 0 Å². The van der Waals surface area contributed by atoms with Crippen molar-refractivity contribution >= 4 is 38.9 Å². The molecule has 0 aliphatic carbocycles. The Hall–Kier alpha value is -1.60. The maximum atomic E-state index is 12.4. The molecule has 8 heteroatoms. The average Bonchev–Trinajstić information content (AvgIpc) is 3.18. The van der Waals surface area contributed by atoms with E-state index in [4.69, 9.17) is 23.2 Å². The van der Waals surface area contributed by atoms with Gasteiger partial charge in [-0.25, -0.2) is 8.42 Å². The fourth-order valence-electron chi connectivity index (χ4n) is 3.39. The lowest BCUT2D eigenvalue weighted by Gasteiger charge is -2.29. The minimum atomic E-state index is -3.73. The Labute approximate surface area is 175 Å². The first-order valence-electron chi connectivity index (χ1n) is 9.10. The van der Waals surface area contributed by atoms with Crippen molar-refractivity contribution in [2.45, 2.75) is 23.8 Å². The van der Waals surface area contributed by atoms with E-state index in [0.29, 0.717) is 16.6 Å². The summed E-state index contributed by atoms with van der Waals surface area (Å²) < 4.78 is 24.9. The van der Waals surface area contributed by atoms with Crippen LogP contribution in [-0.4, -0.2) is 44.6 Å².